The molecule has 1 amide bonds. The van der Waals surface area contributed by atoms with Gasteiger partial charge in [-0.15, -0.1) is 0 Å². The highest BCUT2D eigenvalue weighted by molar-refractivity contribution is 7.89. The maximum Gasteiger partial charge on any atom is 0.339 e. The zero-order valence-electron chi connectivity index (χ0n) is 22.4. The summed E-state index contributed by atoms with van der Waals surface area (Å²) in [4.78, 5) is 31.5. The Bertz CT molecular complexity index is 1500. The molecule has 2 aliphatic rings. The van der Waals surface area contributed by atoms with Crippen LogP contribution < -0.4 is 4.90 Å². The molecule has 2 heterocycles. The van der Waals surface area contributed by atoms with E-state index in [2.05, 4.69) is 4.98 Å². The number of hydrogen-bond acceptors (Lipinski definition) is 6. The van der Waals surface area contributed by atoms with Crippen LogP contribution in [-0.2, 0) is 21.4 Å². The van der Waals surface area contributed by atoms with Gasteiger partial charge in [0.05, 0.1) is 17.1 Å². The first-order valence-corrected chi connectivity index (χ1v) is 15.0. The average Bonchev–Trinajstić information content (AvgIpc) is 2.91. The minimum Gasteiger partial charge on any atom is -0.507 e. The molecule has 0 radical (unpaired) electrons. The summed E-state index contributed by atoms with van der Waals surface area (Å²) in [5.74, 6) is -1.77. The second kappa shape index (κ2) is 11.4. The Morgan fingerprint density at radius 2 is 1.73 bits per heavy atom. The number of pyridine rings is 1. The number of rotatable bonds is 8. The van der Waals surface area contributed by atoms with E-state index in [1.54, 1.807) is 12.1 Å². The normalized spacial score (nSPS) is 18.2. The Balaban J connectivity index is 1.43. The summed E-state index contributed by atoms with van der Waals surface area (Å²) in [6.45, 7) is 2.10. The van der Waals surface area contributed by atoms with Gasteiger partial charge in [-0.25, -0.2) is 13.2 Å². The third-order valence-electron chi connectivity index (χ3n) is 7.92. The lowest BCUT2D eigenvalue weighted by Crippen LogP contribution is -2.58. The van der Waals surface area contributed by atoms with Crippen LogP contribution in [0.3, 0.4) is 0 Å². The van der Waals surface area contributed by atoms with Crippen LogP contribution in [0.2, 0.25) is 0 Å². The van der Waals surface area contributed by atoms with E-state index < -0.39 is 33.7 Å². The average molecular weight is 564 g/mol. The number of phenols is 1. The highest BCUT2D eigenvalue weighted by Crippen LogP contribution is 2.34. The molecular weight excluding hydrogens is 530 g/mol. The predicted molar refractivity (Wildman–Crippen MR) is 150 cm³/mol. The van der Waals surface area contributed by atoms with Gasteiger partial charge in [-0.3, -0.25) is 9.78 Å². The van der Waals surface area contributed by atoms with Gasteiger partial charge in [-0.2, -0.15) is 4.31 Å². The van der Waals surface area contributed by atoms with E-state index in [-0.39, 0.29) is 29.2 Å². The highest BCUT2D eigenvalue weighted by Gasteiger charge is 2.44. The lowest BCUT2D eigenvalue weighted by Gasteiger charge is -2.41. The molecule has 1 aliphatic carbocycles. The monoisotopic (exact) mass is 563 g/mol. The van der Waals surface area contributed by atoms with Crippen molar-refractivity contribution in [3.63, 3.8) is 0 Å². The van der Waals surface area contributed by atoms with Crippen molar-refractivity contribution in [1.82, 2.24) is 9.29 Å². The molecule has 0 bridgehead atoms. The number of benzene rings is 2. The Kier molecular flexibility index (Phi) is 7.91. The van der Waals surface area contributed by atoms with Gasteiger partial charge >= 0.3 is 5.97 Å². The van der Waals surface area contributed by atoms with E-state index in [1.807, 2.05) is 25.3 Å². The molecule has 2 N–H and O–H groups in total. The van der Waals surface area contributed by atoms with Gasteiger partial charge in [-0.05, 0) is 68.0 Å². The topological polar surface area (TPSA) is 128 Å². The van der Waals surface area contributed by atoms with Crippen LogP contribution >= 0.6 is 0 Å². The number of anilines is 1. The maximum absolute atomic E-state index is 13.9. The quantitative estimate of drug-likeness (QED) is 0.401. The zero-order chi connectivity index (χ0) is 28.4. The standard InChI is InChI=1S/C30H33N3O6S/c1-20-7-12-25(13-8-20)40(38,39)33-16-15-27(33)29(35)32(24-11-14-26(30(36)37)28(34)17-24)19-23-10-9-22(18-31-23)21-5-3-2-4-6-21/h7-14,17-18,21,27,34H,2-6,15-16,19H2,1H3,(H,36,37)/t27-/m1/s1. The van der Waals surface area contributed by atoms with Crippen molar-refractivity contribution < 1.29 is 28.2 Å². The van der Waals surface area contributed by atoms with Crippen molar-refractivity contribution in [3.05, 3.63) is 83.2 Å². The van der Waals surface area contributed by atoms with Gasteiger partial charge in [0.1, 0.15) is 17.4 Å². The number of carboxylic acids is 1. The molecule has 1 aliphatic heterocycles. The first-order chi connectivity index (χ1) is 19.1. The van der Waals surface area contributed by atoms with Gasteiger partial charge in [0, 0.05) is 24.5 Å². The number of aromatic hydroxyl groups is 1. The number of nitrogens with zero attached hydrogens (tertiary/aromatic N) is 3. The van der Waals surface area contributed by atoms with Crippen molar-refractivity contribution in [2.45, 2.75) is 68.8 Å². The summed E-state index contributed by atoms with van der Waals surface area (Å²) >= 11 is 0. The Morgan fingerprint density at radius 1 is 1.00 bits per heavy atom. The van der Waals surface area contributed by atoms with E-state index in [1.165, 1.54) is 64.4 Å². The molecule has 40 heavy (non-hydrogen) atoms. The van der Waals surface area contributed by atoms with Crippen molar-refractivity contribution in [2.24, 2.45) is 0 Å². The van der Waals surface area contributed by atoms with Crippen molar-refractivity contribution in [1.29, 1.82) is 0 Å². The molecule has 0 unspecified atom stereocenters. The van der Waals surface area contributed by atoms with Crippen molar-refractivity contribution >= 4 is 27.6 Å². The Labute approximate surface area is 234 Å². The molecule has 10 heteroatoms. The highest BCUT2D eigenvalue weighted by atomic mass is 32.2. The van der Waals surface area contributed by atoms with Crippen LogP contribution in [0.1, 0.15) is 71.6 Å². The fourth-order valence-electron chi connectivity index (χ4n) is 5.46. The lowest BCUT2D eigenvalue weighted by molar-refractivity contribution is -0.125. The summed E-state index contributed by atoms with van der Waals surface area (Å²) in [6, 6.07) is 13.3. The van der Waals surface area contributed by atoms with Gasteiger partial charge < -0.3 is 15.1 Å². The summed E-state index contributed by atoms with van der Waals surface area (Å²) < 4.78 is 27.9. The summed E-state index contributed by atoms with van der Waals surface area (Å²) in [5, 5.41) is 19.7. The lowest BCUT2D eigenvalue weighted by atomic mass is 9.85. The smallest absolute Gasteiger partial charge is 0.339 e. The number of carbonyl (C=O) groups is 2. The zero-order valence-corrected chi connectivity index (χ0v) is 23.2. The van der Waals surface area contributed by atoms with Crippen LogP contribution in [0.25, 0.3) is 0 Å². The van der Waals surface area contributed by atoms with Crippen LogP contribution in [0.4, 0.5) is 5.69 Å². The van der Waals surface area contributed by atoms with Crippen LogP contribution in [0, 0.1) is 6.92 Å². The summed E-state index contributed by atoms with van der Waals surface area (Å²) in [5.41, 5.74) is 2.65. The van der Waals surface area contributed by atoms with Gasteiger partial charge in [0.15, 0.2) is 0 Å². The van der Waals surface area contributed by atoms with Crippen LogP contribution in [0.5, 0.6) is 5.75 Å². The molecule has 1 saturated heterocycles. The van der Waals surface area contributed by atoms with Gasteiger partial charge in [0.25, 0.3) is 0 Å². The third-order valence-corrected chi connectivity index (χ3v) is 9.84. The fraction of sp³-hybridized carbons (Fsp3) is 0.367. The minimum absolute atomic E-state index is 0.0323. The van der Waals surface area contributed by atoms with Gasteiger partial charge in [0.2, 0.25) is 15.9 Å². The molecule has 5 rings (SSSR count). The Hall–Kier alpha value is -3.76. The molecule has 1 aromatic heterocycles. The number of aryl methyl sites for hydroxylation is 1. The molecule has 2 aromatic carbocycles. The van der Waals surface area contributed by atoms with Crippen LogP contribution in [0.15, 0.2) is 65.7 Å². The van der Waals surface area contributed by atoms with E-state index in [0.29, 0.717) is 18.0 Å². The number of aromatic carboxylic acids is 1. The number of aromatic nitrogens is 1. The van der Waals surface area contributed by atoms with E-state index in [0.717, 1.165) is 18.4 Å². The van der Waals surface area contributed by atoms with Crippen molar-refractivity contribution in [3.8, 4) is 5.75 Å². The van der Waals surface area contributed by atoms with Crippen molar-refractivity contribution in [2.75, 3.05) is 11.4 Å². The number of hydrogen-bond donors (Lipinski definition) is 2. The second-order valence-electron chi connectivity index (χ2n) is 10.6. The van der Waals surface area contributed by atoms with Crippen LogP contribution in [-0.4, -0.2) is 52.4 Å². The first kappa shape index (κ1) is 27.8. The summed E-state index contributed by atoms with van der Waals surface area (Å²) in [7, 11) is -3.90. The molecule has 1 atom stereocenters. The predicted octanol–water partition coefficient (Wildman–Crippen LogP) is 4.84. The molecule has 2 fully saturated rings. The number of carboxylic acid groups (broad SMARTS) is 1. The van der Waals surface area contributed by atoms with E-state index in [4.69, 9.17) is 0 Å². The first-order valence-electron chi connectivity index (χ1n) is 13.6. The molecule has 1 saturated carbocycles. The minimum atomic E-state index is -3.90. The fourth-order valence-corrected chi connectivity index (χ4v) is 7.08. The van der Waals surface area contributed by atoms with E-state index >= 15 is 0 Å². The molecule has 9 nitrogen and oxygen atoms in total. The van der Waals surface area contributed by atoms with E-state index in [9.17, 15) is 28.2 Å². The number of carbonyl (C=O) groups excluding carboxylic acids is 1. The third kappa shape index (κ3) is 5.59. The number of amides is 1. The second-order valence-corrected chi connectivity index (χ2v) is 12.5. The van der Waals surface area contributed by atoms with Gasteiger partial charge in [-0.1, -0.05) is 43.0 Å². The molecule has 3 aromatic rings. The molecule has 0 spiro atoms. The maximum atomic E-state index is 13.9. The molecule has 210 valence electrons. The summed E-state index contributed by atoms with van der Waals surface area (Å²) in [6.07, 6.45) is 8.11. The molecular formula is C30H33N3O6S. The number of sulfonamides is 1. The SMILES string of the molecule is Cc1ccc(S(=O)(=O)N2CC[C@@H]2C(=O)N(Cc2ccc(C3CCCCC3)cn2)c2ccc(C(=O)O)c(O)c2)cc1. The largest absolute Gasteiger partial charge is 0.507 e. The Morgan fingerprint density at radius 3 is 2.30 bits per heavy atom.